The third-order valence-electron chi connectivity index (χ3n) is 3.88. The summed E-state index contributed by atoms with van der Waals surface area (Å²) in [4.78, 5) is 4.43. The van der Waals surface area contributed by atoms with Crippen molar-refractivity contribution in [2.75, 3.05) is 6.61 Å². The number of hydrogen-bond donors (Lipinski definition) is 1. The molecule has 0 bridgehead atoms. The van der Waals surface area contributed by atoms with Crippen molar-refractivity contribution >= 4 is 0 Å². The summed E-state index contributed by atoms with van der Waals surface area (Å²) in [5, 5.41) is 4.02. The first-order valence-corrected chi connectivity index (χ1v) is 6.91. The molecule has 1 unspecified atom stereocenters. The van der Waals surface area contributed by atoms with E-state index in [1.165, 1.54) is 0 Å². The molecule has 5 heteroatoms. The molecule has 2 heterocycles. The summed E-state index contributed by atoms with van der Waals surface area (Å²) in [7, 11) is 0. The third kappa shape index (κ3) is 2.90. The van der Waals surface area contributed by atoms with Gasteiger partial charge in [0.25, 0.3) is 0 Å². The van der Waals surface area contributed by atoms with Gasteiger partial charge in [-0.2, -0.15) is 4.98 Å². The lowest BCUT2D eigenvalue weighted by molar-refractivity contribution is 0.102. The Balaban J connectivity index is 1.93. The molecule has 18 heavy (non-hydrogen) atoms. The molecule has 1 fully saturated rings. The summed E-state index contributed by atoms with van der Waals surface area (Å²) in [5.74, 6) is 1.31. The van der Waals surface area contributed by atoms with Gasteiger partial charge in [0.05, 0.1) is 11.6 Å². The minimum absolute atomic E-state index is 0.361. The Kier molecular flexibility index (Phi) is 4.35. The lowest BCUT2D eigenvalue weighted by Gasteiger charge is -2.21. The van der Waals surface area contributed by atoms with E-state index >= 15 is 0 Å². The van der Waals surface area contributed by atoms with Crippen LogP contribution in [0.4, 0.5) is 0 Å². The summed E-state index contributed by atoms with van der Waals surface area (Å²) in [6.07, 6.45) is 6.03. The van der Waals surface area contributed by atoms with Gasteiger partial charge in [-0.3, -0.25) is 0 Å². The van der Waals surface area contributed by atoms with Gasteiger partial charge in [-0.25, -0.2) is 0 Å². The quantitative estimate of drug-likeness (QED) is 0.840. The van der Waals surface area contributed by atoms with E-state index in [-0.39, 0.29) is 0 Å². The van der Waals surface area contributed by atoms with Crippen molar-refractivity contribution < 1.29 is 9.26 Å². The summed E-state index contributed by atoms with van der Waals surface area (Å²) < 4.78 is 10.9. The minimum atomic E-state index is -0.453. The molecule has 1 aliphatic rings. The van der Waals surface area contributed by atoms with Crippen LogP contribution in [0.5, 0.6) is 0 Å². The number of hydrogen-bond acceptors (Lipinski definition) is 5. The predicted molar refractivity (Wildman–Crippen MR) is 68.0 cm³/mol. The van der Waals surface area contributed by atoms with Crippen LogP contribution >= 0.6 is 0 Å². The SMILES string of the molecule is CCC(N)(CC)c1noc(CCC2CCCO2)n1. The van der Waals surface area contributed by atoms with Gasteiger partial charge < -0.3 is 15.0 Å². The Morgan fingerprint density at radius 3 is 2.78 bits per heavy atom. The van der Waals surface area contributed by atoms with Crippen LogP contribution in [0, 0.1) is 0 Å². The second kappa shape index (κ2) is 5.80. The van der Waals surface area contributed by atoms with Crippen molar-refractivity contribution in [1.82, 2.24) is 10.1 Å². The normalized spacial score (nSPS) is 20.5. The second-order valence-corrected chi connectivity index (χ2v) is 5.05. The summed E-state index contributed by atoms with van der Waals surface area (Å²) in [6, 6.07) is 0. The largest absolute Gasteiger partial charge is 0.378 e. The van der Waals surface area contributed by atoms with Crippen LogP contribution in [-0.2, 0) is 16.7 Å². The van der Waals surface area contributed by atoms with Gasteiger partial charge in [0.15, 0.2) is 5.82 Å². The van der Waals surface area contributed by atoms with E-state index in [0.29, 0.717) is 17.8 Å². The maximum Gasteiger partial charge on any atom is 0.226 e. The molecule has 2 rings (SSSR count). The molecule has 1 aromatic heterocycles. The molecule has 0 radical (unpaired) electrons. The Morgan fingerprint density at radius 2 is 2.17 bits per heavy atom. The Morgan fingerprint density at radius 1 is 1.39 bits per heavy atom. The van der Waals surface area contributed by atoms with Gasteiger partial charge in [0, 0.05) is 13.0 Å². The highest BCUT2D eigenvalue weighted by atomic mass is 16.5. The van der Waals surface area contributed by atoms with Gasteiger partial charge in [0.1, 0.15) is 0 Å². The molecule has 0 aliphatic carbocycles. The van der Waals surface area contributed by atoms with Crippen LogP contribution < -0.4 is 5.73 Å². The van der Waals surface area contributed by atoms with Gasteiger partial charge in [-0.1, -0.05) is 19.0 Å². The van der Waals surface area contributed by atoms with Crippen molar-refractivity contribution in [2.45, 2.75) is 64.0 Å². The molecule has 1 saturated heterocycles. The molecule has 2 N–H and O–H groups in total. The van der Waals surface area contributed by atoms with Crippen LogP contribution in [0.2, 0.25) is 0 Å². The number of nitrogens with two attached hydrogens (primary N) is 1. The average molecular weight is 253 g/mol. The van der Waals surface area contributed by atoms with Crippen LogP contribution in [0.1, 0.15) is 57.7 Å². The number of rotatable bonds is 6. The Labute approximate surface area is 108 Å². The van der Waals surface area contributed by atoms with Crippen LogP contribution in [0.3, 0.4) is 0 Å². The minimum Gasteiger partial charge on any atom is -0.378 e. The summed E-state index contributed by atoms with van der Waals surface area (Å²) in [5.41, 5.74) is 5.79. The molecule has 5 nitrogen and oxygen atoms in total. The van der Waals surface area contributed by atoms with Gasteiger partial charge >= 0.3 is 0 Å². The highest BCUT2D eigenvalue weighted by Crippen LogP contribution is 2.23. The fourth-order valence-corrected chi connectivity index (χ4v) is 2.28. The number of aryl methyl sites for hydroxylation is 1. The molecule has 0 spiro atoms. The third-order valence-corrected chi connectivity index (χ3v) is 3.88. The number of aromatic nitrogens is 2. The highest BCUT2D eigenvalue weighted by molar-refractivity contribution is 5.03. The fraction of sp³-hybridized carbons (Fsp3) is 0.846. The zero-order valence-corrected chi connectivity index (χ0v) is 11.3. The van der Waals surface area contributed by atoms with E-state index in [4.69, 9.17) is 15.0 Å². The van der Waals surface area contributed by atoms with E-state index in [9.17, 15) is 0 Å². The van der Waals surface area contributed by atoms with Crippen molar-refractivity contribution in [1.29, 1.82) is 0 Å². The highest BCUT2D eigenvalue weighted by Gasteiger charge is 2.29. The van der Waals surface area contributed by atoms with Crippen molar-refractivity contribution in [3.05, 3.63) is 11.7 Å². The Bertz CT molecular complexity index is 368. The van der Waals surface area contributed by atoms with E-state index < -0.39 is 5.54 Å². The molecule has 0 aromatic carbocycles. The first kappa shape index (κ1) is 13.5. The van der Waals surface area contributed by atoms with Gasteiger partial charge in [0.2, 0.25) is 5.89 Å². The fourth-order valence-electron chi connectivity index (χ4n) is 2.28. The lowest BCUT2D eigenvalue weighted by atomic mass is 9.93. The van der Waals surface area contributed by atoms with Crippen LogP contribution in [0.25, 0.3) is 0 Å². The topological polar surface area (TPSA) is 74.2 Å². The van der Waals surface area contributed by atoms with Crippen molar-refractivity contribution in [3.63, 3.8) is 0 Å². The molecular formula is C13H23N3O2. The van der Waals surface area contributed by atoms with E-state index in [1.54, 1.807) is 0 Å². The van der Waals surface area contributed by atoms with E-state index in [1.807, 2.05) is 13.8 Å². The summed E-state index contributed by atoms with van der Waals surface area (Å²) in [6.45, 7) is 4.98. The zero-order valence-electron chi connectivity index (χ0n) is 11.3. The molecular weight excluding hydrogens is 230 g/mol. The second-order valence-electron chi connectivity index (χ2n) is 5.05. The molecule has 1 aromatic rings. The maximum absolute atomic E-state index is 6.24. The van der Waals surface area contributed by atoms with Crippen molar-refractivity contribution in [2.24, 2.45) is 5.73 Å². The van der Waals surface area contributed by atoms with Gasteiger partial charge in [-0.15, -0.1) is 0 Å². The van der Waals surface area contributed by atoms with Crippen LogP contribution in [-0.4, -0.2) is 22.9 Å². The van der Waals surface area contributed by atoms with Crippen LogP contribution in [0.15, 0.2) is 4.52 Å². The standard InChI is InChI=1S/C13H23N3O2/c1-3-13(14,4-2)12-15-11(18-16-12)8-7-10-6-5-9-17-10/h10H,3-9,14H2,1-2H3. The summed E-state index contributed by atoms with van der Waals surface area (Å²) >= 11 is 0. The lowest BCUT2D eigenvalue weighted by Crippen LogP contribution is -2.36. The maximum atomic E-state index is 6.24. The molecule has 1 atom stereocenters. The zero-order chi connectivity index (χ0) is 13.0. The number of ether oxygens (including phenoxy) is 1. The number of nitrogens with zero attached hydrogens (tertiary/aromatic N) is 2. The van der Waals surface area contributed by atoms with E-state index in [0.717, 1.165) is 45.1 Å². The smallest absolute Gasteiger partial charge is 0.226 e. The first-order valence-electron chi connectivity index (χ1n) is 6.91. The molecule has 102 valence electrons. The van der Waals surface area contributed by atoms with E-state index in [2.05, 4.69) is 10.1 Å². The average Bonchev–Trinajstić information content (AvgIpc) is 3.06. The van der Waals surface area contributed by atoms with Gasteiger partial charge in [-0.05, 0) is 32.1 Å². The monoisotopic (exact) mass is 253 g/mol. The predicted octanol–water partition coefficient (Wildman–Crippen LogP) is 2.16. The molecule has 0 saturated carbocycles. The molecule has 0 amide bonds. The molecule has 1 aliphatic heterocycles. The first-order chi connectivity index (χ1) is 8.68. The van der Waals surface area contributed by atoms with Crippen molar-refractivity contribution in [3.8, 4) is 0 Å². The Hall–Kier alpha value is -0.940.